The average molecular weight is 426 g/mol. The molecule has 0 heterocycles. The molecule has 0 bridgehead atoms. The smallest absolute Gasteiger partial charge is 0.277 e. The van der Waals surface area contributed by atoms with Crippen LogP contribution in [0.25, 0.3) is 0 Å². The first kappa shape index (κ1) is 17.4. The predicted molar refractivity (Wildman–Crippen MR) is 96.3 cm³/mol. The summed E-state index contributed by atoms with van der Waals surface area (Å²) in [5.74, 6) is -0.111. The maximum Gasteiger partial charge on any atom is 0.277 e. The summed E-state index contributed by atoms with van der Waals surface area (Å²) in [6, 6.07) is 10.1. The summed E-state index contributed by atoms with van der Waals surface area (Å²) in [7, 11) is 0. The normalized spacial score (nSPS) is 10.8. The van der Waals surface area contributed by atoms with Gasteiger partial charge in [-0.05, 0) is 65.8 Å². The Morgan fingerprint density at radius 3 is 2.61 bits per heavy atom. The van der Waals surface area contributed by atoms with E-state index in [4.69, 9.17) is 4.74 Å². The standard InChI is InChI=1S/C17H16FIN2O2/c1-11-7-14(19)8-12(2)17(11)23-10-16(22)21-20-9-13-5-3-4-6-15(13)18/h3-9H,10H2,1-2H3,(H,21,22)/b20-9-. The number of amides is 1. The number of aryl methyl sites for hydroxylation is 2. The lowest BCUT2D eigenvalue weighted by Gasteiger charge is -2.11. The number of hydrogen-bond donors (Lipinski definition) is 1. The van der Waals surface area contributed by atoms with Crippen molar-refractivity contribution in [2.75, 3.05) is 6.61 Å². The maximum atomic E-state index is 13.4. The Labute approximate surface area is 147 Å². The maximum absolute atomic E-state index is 13.4. The van der Waals surface area contributed by atoms with Crippen molar-refractivity contribution in [2.24, 2.45) is 5.10 Å². The van der Waals surface area contributed by atoms with Crippen LogP contribution < -0.4 is 10.2 Å². The van der Waals surface area contributed by atoms with Crippen molar-refractivity contribution in [1.82, 2.24) is 5.43 Å². The molecule has 1 amide bonds. The molecule has 2 aromatic carbocycles. The van der Waals surface area contributed by atoms with E-state index in [1.54, 1.807) is 18.2 Å². The molecule has 0 atom stereocenters. The highest BCUT2D eigenvalue weighted by atomic mass is 127. The van der Waals surface area contributed by atoms with Crippen LogP contribution in [-0.4, -0.2) is 18.7 Å². The third kappa shape index (κ3) is 5.02. The molecule has 23 heavy (non-hydrogen) atoms. The first-order valence-corrected chi connectivity index (χ1v) is 8.01. The number of carbonyl (C=O) groups is 1. The third-order valence-electron chi connectivity index (χ3n) is 3.07. The van der Waals surface area contributed by atoms with Crippen LogP contribution in [0.3, 0.4) is 0 Å². The zero-order chi connectivity index (χ0) is 16.8. The minimum atomic E-state index is -0.407. The first-order chi connectivity index (χ1) is 11.0. The van der Waals surface area contributed by atoms with Crippen molar-refractivity contribution in [3.05, 3.63) is 62.5 Å². The highest BCUT2D eigenvalue weighted by Gasteiger charge is 2.08. The molecule has 0 saturated carbocycles. The molecule has 6 heteroatoms. The second-order valence-corrected chi connectivity index (χ2v) is 6.22. The van der Waals surface area contributed by atoms with Crippen LogP contribution in [0.1, 0.15) is 16.7 Å². The number of rotatable bonds is 5. The zero-order valence-corrected chi connectivity index (χ0v) is 14.9. The van der Waals surface area contributed by atoms with E-state index < -0.39 is 11.7 Å². The van der Waals surface area contributed by atoms with E-state index >= 15 is 0 Å². The van der Waals surface area contributed by atoms with Crippen molar-refractivity contribution < 1.29 is 13.9 Å². The molecule has 0 aromatic heterocycles. The zero-order valence-electron chi connectivity index (χ0n) is 12.8. The summed E-state index contributed by atoms with van der Waals surface area (Å²) in [5.41, 5.74) is 4.56. The fourth-order valence-electron chi connectivity index (χ4n) is 2.05. The second kappa shape index (κ2) is 8.05. The molecule has 0 aliphatic heterocycles. The van der Waals surface area contributed by atoms with E-state index in [1.807, 2.05) is 26.0 Å². The lowest BCUT2D eigenvalue weighted by molar-refractivity contribution is -0.123. The van der Waals surface area contributed by atoms with Gasteiger partial charge in [0.2, 0.25) is 0 Å². The number of hydrazone groups is 1. The van der Waals surface area contributed by atoms with Gasteiger partial charge in [-0.3, -0.25) is 4.79 Å². The van der Waals surface area contributed by atoms with Gasteiger partial charge in [-0.1, -0.05) is 18.2 Å². The van der Waals surface area contributed by atoms with Gasteiger partial charge >= 0.3 is 0 Å². The minimum Gasteiger partial charge on any atom is -0.483 e. The molecule has 0 aliphatic rings. The molecule has 2 aromatic rings. The quantitative estimate of drug-likeness (QED) is 0.452. The Bertz CT molecular complexity index is 724. The number of nitrogens with zero attached hydrogens (tertiary/aromatic N) is 1. The molecule has 1 N–H and O–H groups in total. The van der Waals surface area contributed by atoms with Crippen LogP contribution in [0, 0.1) is 23.2 Å². The van der Waals surface area contributed by atoms with Crippen molar-refractivity contribution in [3.8, 4) is 5.75 Å². The highest BCUT2D eigenvalue weighted by Crippen LogP contribution is 2.25. The van der Waals surface area contributed by atoms with Crippen LogP contribution in [0.2, 0.25) is 0 Å². The summed E-state index contributed by atoms with van der Waals surface area (Å²) < 4.78 is 20.0. The number of ether oxygens (including phenoxy) is 1. The van der Waals surface area contributed by atoms with E-state index in [0.29, 0.717) is 11.3 Å². The van der Waals surface area contributed by atoms with Gasteiger partial charge in [0.25, 0.3) is 5.91 Å². The summed E-state index contributed by atoms with van der Waals surface area (Å²) >= 11 is 2.23. The Morgan fingerprint density at radius 2 is 1.96 bits per heavy atom. The van der Waals surface area contributed by atoms with Gasteiger partial charge < -0.3 is 4.74 Å². The van der Waals surface area contributed by atoms with Gasteiger partial charge in [0.05, 0.1) is 6.21 Å². The molecule has 0 aliphatic carbocycles. The van der Waals surface area contributed by atoms with Gasteiger partial charge in [0.1, 0.15) is 11.6 Å². The number of benzene rings is 2. The van der Waals surface area contributed by atoms with E-state index in [9.17, 15) is 9.18 Å². The lowest BCUT2D eigenvalue weighted by atomic mass is 10.1. The number of halogens is 2. The molecule has 0 fully saturated rings. The van der Waals surface area contributed by atoms with Gasteiger partial charge in [-0.2, -0.15) is 5.10 Å². The Balaban J connectivity index is 1.90. The van der Waals surface area contributed by atoms with Crippen molar-refractivity contribution >= 4 is 34.7 Å². The van der Waals surface area contributed by atoms with Crippen molar-refractivity contribution in [2.45, 2.75) is 13.8 Å². The van der Waals surface area contributed by atoms with Crippen LogP contribution in [-0.2, 0) is 4.79 Å². The number of nitrogens with one attached hydrogen (secondary N) is 1. The minimum absolute atomic E-state index is 0.156. The summed E-state index contributed by atoms with van der Waals surface area (Å²) in [5, 5.41) is 3.73. The van der Waals surface area contributed by atoms with Crippen LogP contribution in [0.4, 0.5) is 4.39 Å². The fraction of sp³-hybridized carbons (Fsp3) is 0.176. The van der Waals surface area contributed by atoms with Gasteiger partial charge in [-0.15, -0.1) is 0 Å². The van der Waals surface area contributed by atoms with Crippen molar-refractivity contribution in [3.63, 3.8) is 0 Å². The molecule has 4 nitrogen and oxygen atoms in total. The van der Waals surface area contributed by atoms with Crippen molar-refractivity contribution in [1.29, 1.82) is 0 Å². The Kier molecular flexibility index (Phi) is 6.09. The second-order valence-electron chi connectivity index (χ2n) is 4.97. The van der Waals surface area contributed by atoms with Gasteiger partial charge in [-0.25, -0.2) is 9.82 Å². The molecular weight excluding hydrogens is 410 g/mol. The van der Waals surface area contributed by atoms with Crippen LogP contribution in [0.5, 0.6) is 5.75 Å². The Morgan fingerprint density at radius 1 is 1.30 bits per heavy atom. The molecule has 2 rings (SSSR count). The summed E-state index contributed by atoms with van der Waals surface area (Å²) in [6.45, 7) is 3.70. The summed E-state index contributed by atoms with van der Waals surface area (Å²) in [4.78, 5) is 11.7. The molecule has 0 spiro atoms. The van der Waals surface area contributed by atoms with E-state index in [0.717, 1.165) is 14.7 Å². The number of hydrogen-bond acceptors (Lipinski definition) is 3. The fourth-order valence-corrected chi connectivity index (χ4v) is 2.98. The number of carbonyl (C=O) groups excluding carboxylic acids is 1. The van der Waals surface area contributed by atoms with Crippen LogP contribution in [0.15, 0.2) is 41.5 Å². The molecule has 0 radical (unpaired) electrons. The monoisotopic (exact) mass is 426 g/mol. The Hall–Kier alpha value is -1.96. The van der Waals surface area contributed by atoms with Gasteiger partial charge in [0, 0.05) is 9.13 Å². The van der Waals surface area contributed by atoms with Gasteiger partial charge in [0.15, 0.2) is 6.61 Å². The van der Waals surface area contributed by atoms with Crippen LogP contribution >= 0.6 is 22.6 Å². The highest BCUT2D eigenvalue weighted by molar-refractivity contribution is 14.1. The largest absolute Gasteiger partial charge is 0.483 e. The van der Waals surface area contributed by atoms with E-state index in [2.05, 4.69) is 33.1 Å². The molecular formula is C17H16FIN2O2. The SMILES string of the molecule is Cc1cc(I)cc(C)c1OCC(=O)N/N=C\c1ccccc1F. The van der Waals surface area contributed by atoms with E-state index in [-0.39, 0.29) is 6.61 Å². The summed E-state index contributed by atoms with van der Waals surface area (Å²) in [6.07, 6.45) is 1.26. The third-order valence-corrected chi connectivity index (χ3v) is 3.69. The topological polar surface area (TPSA) is 50.7 Å². The molecule has 0 unspecified atom stereocenters. The first-order valence-electron chi connectivity index (χ1n) is 6.93. The predicted octanol–water partition coefficient (Wildman–Crippen LogP) is 3.58. The lowest BCUT2D eigenvalue weighted by Crippen LogP contribution is -2.25. The molecule has 0 saturated heterocycles. The van der Waals surface area contributed by atoms with E-state index in [1.165, 1.54) is 12.3 Å². The average Bonchev–Trinajstić information content (AvgIpc) is 2.48. The molecule has 120 valence electrons.